The number of hydrogen-bond donors (Lipinski definition) is 1. The van der Waals surface area contributed by atoms with E-state index >= 15 is 0 Å². The summed E-state index contributed by atoms with van der Waals surface area (Å²) in [6, 6.07) is 16.9. The van der Waals surface area contributed by atoms with Crippen LogP contribution in [0.3, 0.4) is 0 Å². The van der Waals surface area contributed by atoms with Gasteiger partial charge >= 0.3 is 0 Å². The van der Waals surface area contributed by atoms with E-state index in [0.29, 0.717) is 12.3 Å². The lowest BCUT2D eigenvalue weighted by Crippen LogP contribution is -2.43. The molecule has 166 valence electrons. The van der Waals surface area contributed by atoms with Gasteiger partial charge < -0.3 is 9.80 Å². The second-order valence-electron chi connectivity index (χ2n) is 9.93. The van der Waals surface area contributed by atoms with E-state index < -0.39 is 0 Å². The van der Waals surface area contributed by atoms with E-state index in [1.165, 1.54) is 23.2 Å². The van der Waals surface area contributed by atoms with Crippen molar-refractivity contribution < 1.29 is 4.79 Å². The highest BCUT2D eigenvalue weighted by molar-refractivity contribution is 5.80. The highest BCUT2D eigenvalue weighted by Gasteiger charge is 2.41. The minimum absolute atomic E-state index is 0.0969. The lowest BCUT2D eigenvalue weighted by atomic mass is 9.93. The Balaban J connectivity index is 1.28. The zero-order valence-electron chi connectivity index (χ0n) is 19.1. The van der Waals surface area contributed by atoms with Gasteiger partial charge in [0.05, 0.1) is 12.6 Å². The third-order valence-electron chi connectivity index (χ3n) is 7.06. The van der Waals surface area contributed by atoms with Crippen LogP contribution in [0.2, 0.25) is 0 Å². The molecule has 2 aromatic carbocycles. The molecule has 2 aliphatic rings. The Labute approximate surface area is 190 Å². The molecule has 1 amide bonds. The number of nitrogens with one attached hydrogen (secondary N) is 1. The number of aryl methyl sites for hydroxylation is 1. The highest BCUT2D eigenvalue weighted by Crippen LogP contribution is 2.37. The van der Waals surface area contributed by atoms with Crippen molar-refractivity contribution in [3.05, 3.63) is 72.1 Å². The van der Waals surface area contributed by atoms with Crippen LogP contribution < -0.4 is 4.90 Å². The molecular weight excluding hydrogens is 396 g/mol. The monoisotopic (exact) mass is 428 g/mol. The van der Waals surface area contributed by atoms with Gasteiger partial charge in [0.1, 0.15) is 0 Å². The Kier molecular flexibility index (Phi) is 5.50. The molecule has 1 atom stereocenters. The predicted octanol–water partition coefficient (Wildman–Crippen LogP) is 4.70. The minimum atomic E-state index is -0.0969. The van der Waals surface area contributed by atoms with Gasteiger partial charge in [-0.05, 0) is 67.9 Å². The summed E-state index contributed by atoms with van der Waals surface area (Å²) in [5.41, 5.74) is 6.13. The number of anilines is 1. The van der Waals surface area contributed by atoms with Gasteiger partial charge in [-0.1, -0.05) is 36.4 Å². The lowest BCUT2D eigenvalue weighted by Gasteiger charge is -2.33. The van der Waals surface area contributed by atoms with Crippen molar-refractivity contribution in [3.63, 3.8) is 0 Å². The van der Waals surface area contributed by atoms with Crippen LogP contribution in [0.4, 0.5) is 5.69 Å². The van der Waals surface area contributed by atoms with Gasteiger partial charge in [-0.2, -0.15) is 5.10 Å². The molecule has 5 nitrogen and oxygen atoms in total. The van der Waals surface area contributed by atoms with Crippen molar-refractivity contribution in [3.8, 4) is 11.1 Å². The van der Waals surface area contributed by atoms with E-state index in [1.54, 1.807) is 0 Å². The summed E-state index contributed by atoms with van der Waals surface area (Å²) in [7, 11) is 0. The Hall–Kier alpha value is -3.08. The number of amides is 1. The van der Waals surface area contributed by atoms with Gasteiger partial charge in [0.2, 0.25) is 5.91 Å². The summed E-state index contributed by atoms with van der Waals surface area (Å²) < 4.78 is 0. The largest absolute Gasteiger partial charge is 0.371 e. The van der Waals surface area contributed by atoms with Crippen LogP contribution in [0.25, 0.3) is 11.1 Å². The van der Waals surface area contributed by atoms with Gasteiger partial charge in [-0.25, -0.2) is 0 Å². The Morgan fingerprint density at radius 2 is 2.00 bits per heavy atom. The number of benzene rings is 2. The lowest BCUT2D eigenvalue weighted by molar-refractivity contribution is -0.133. The molecule has 1 saturated heterocycles. The average molecular weight is 429 g/mol. The fraction of sp³-hybridized carbons (Fsp3) is 0.407. The molecule has 0 saturated carbocycles. The Morgan fingerprint density at radius 3 is 2.78 bits per heavy atom. The van der Waals surface area contributed by atoms with Crippen LogP contribution in [0.1, 0.15) is 37.8 Å². The van der Waals surface area contributed by atoms with Crippen molar-refractivity contribution in [1.82, 2.24) is 15.1 Å². The van der Waals surface area contributed by atoms with Crippen LogP contribution in [0.15, 0.2) is 60.9 Å². The molecule has 1 N–H and O–H groups in total. The third kappa shape index (κ3) is 4.16. The molecule has 0 spiro atoms. The normalized spacial score (nSPS) is 19.8. The highest BCUT2D eigenvalue weighted by atomic mass is 16.2. The molecule has 3 aromatic rings. The second kappa shape index (κ2) is 8.45. The Morgan fingerprint density at radius 1 is 1.16 bits per heavy atom. The number of likely N-dealkylation sites (tertiary alicyclic amines) is 1. The van der Waals surface area contributed by atoms with Crippen molar-refractivity contribution in [1.29, 1.82) is 0 Å². The number of H-pyrrole nitrogens is 1. The quantitative estimate of drug-likeness (QED) is 0.641. The molecule has 0 aliphatic carbocycles. The summed E-state index contributed by atoms with van der Waals surface area (Å²) in [6.07, 6.45) is 7.66. The van der Waals surface area contributed by atoms with E-state index in [0.717, 1.165) is 43.6 Å². The maximum absolute atomic E-state index is 13.1. The van der Waals surface area contributed by atoms with E-state index in [1.807, 2.05) is 42.7 Å². The molecule has 32 heavy (non-hydrogen) atoms. The fourth-order valence-corrected chi connectivity index (χ4v) is 5.58. The molecule has 0 radical (unpaired) electrons. The predicted molar refractivity (Wildman–Crippen MR) is 129 cm³/mol. The first-order chi connectivity index (χ1) is 15.5. The zero-order valence-corrected chi connectivity index (χ0v) is 19.1. The average Bonchev–Trinajstić information content (AvgIpc) is 3.42. The van der Waals surface area contributed by atoms with E-state index in [4.69, 9.17) is 0 Å². The SMILES string of the molecule is CC1(C)CC(CN2CCCc3cc(-c4cn[nH]c4)ccc32)CN1C(=O)Cc1ccccc1. The summed E-state index contributed by atoms with van der Waals surface area (Å²) in [5, 5.41) is 7.00. The molecule has 2 aliphatic heterocycles. The van der Waals surface area contributed by atoms with Crippen molar-refractivity contribution in [2.24, 2.45) is 5.92 Å². The van der Waals surface area contributed by atoms with Gasteiger partial charge in [0.15, 0.2) is 0 Å². The van der Waals surface area contributed by atoms with E-state index in [9.17, 15) is 4.79 Å². The topological polar surface area (TPSA) is 52.2 Å². The number of aromatic amines is 1. The smallest absolute Gasteiger partial charge is 0.227 e. The molecule has 1 fully saturated rings. The number of carbonyl (C=O) groups is 1. The first-order valence-electron chi connectivity index (χ1n) is 11.7. The molecule has 5 rings (SSSR count). The van der Waals surface area contributed by atoms with Crippen molar-refractivity contribution >= 4 is 11.6 Å². The summed E-state index contributed by atoms with van der Waals surface area (Å²) in [4.78, 5) is 17.8. The van der Waals surface area contributed by atoms with Crippen LogP contribution >= 0.6 is 0 Å². The molecular formula is C27H32N4O. The van der Waals surface area contributed by atoms with Crippen molar-refractivity contribution in [2.75, 3.05) is 24.5 Å². The molecule has 1 aromatic heterocycles. The van der Waals surface area contributed by atoms with Gasteiger partial charge in [0.25, 0.3) is 0 Å². The van der Waals surface area contributed by atoms with Gasteiger partial charge in [0, 0.05) is 42.6 Å². The number of aromatic nitrogens is 2. The first-order valence-corrected chi connectivity index (χ1v) is 11.7. The Bertz CT molecular complexity index is 1070. The zero-order chi connectivity index (χ0) is 22.1. The van der Waals surface area contributed by atoms with Crippen LogP contribution in [-0.4, -0.2) is 46.2 Å². The molecule has 5 heteroatoms. The van der Waals surface area contributed by atoms with Gasteiger partial charge in [-0.3, -0.25) is 9.89 Å². The third-order valence-corrected chi connectivity index (χ3v) is 7.06. The summed E-state index contributed by atoms with van der Waals surface area (Å²) in [5.74, 6) is 0.733. The summed E-state index contributed by atoms with van der Waals surface area (Å²) in [6.45, 7) is 7.38. The van der Waals surface area contributed by atoms with Crippen LogP contribution in [0, 0.1) is 5.92 Å². The number of carbonyl (C=O) groups excluding carboxylic acids is 1. The van der Waals surface area contributed by atoms with Crippen molar-refractivity contribution in [2.45, 2.75) is 45.1 Å². The van der Waals surface area contributed by atoms with Crippen LogP contribution in [-0.2, 0) is 17.6 Å². The van der Waals surface area contributed by atoms with Crippen LogP contribution in [0.5, 0.6) is 0 Å². The molecule has 0 bridgehead atoms. The number of fused-ring (bicyclic) bond motifs is 1. The number of hydrogen-bond acceptors (Lipinski definition) is 3. The number of rotatable bonds is 5. The maximum Gasteiger partial charge on any atom is 0.227 e. The first kappa shape index (κ1) is 20.8. The summed E-state index contributed by atoms with van der Waals surface area (Å²) >= 11 is 0. The van der Waals surface area contributed by atoms with E-state index in [2.05, 4.69) is 52.0 Å². The molecule has 1 unspecified atom stereocenters. The van der Waals surface area contributed by atoms with E-state index in [-0.39, 0.29) is 11.4 Å². The number of nitrogens with zero attached hydrogens (tertiary/aromatic N) is 3. The maximum atomic E-state index is 13.1. The standard InChI is InChI=1S/C27H32N4O/c1-27(2)15-21(19-31(27)26(32)13-20-7-4-3-5-8-20)18-30-12-6-9-23-14-22(10-11-25(23)30)24-16-28-29-17-24/h3-5,7-8,10-11,14,16-17,21H,6,9,12-13,15,18-19H2,1-2H3,(H,28,29). The second-order valence-corrected chi connectivity index (χ2v) is 9.93. The molecule has 3 heterocycles. The fourth-order valence-electron chi connectivity index (χ4n) is 5.58. The minimum Gasteiger partial charge on any atom is -0.371 e. The van der Waals surface area contributed by atoms with Gasteiger partial charge in [-0.15, -0.1) is 0 Å².